The predicted octanol–water partition coefficient (Wildman–Crippen LogP) is 1.89. The molecule has 3 N–H and O–H groups in total. The Morgan fingerprint density at radius 2 is 1.81 bits per heavy atom. The van der Waals surface area contributed by atoms with E-state index in [1.165, 1.54) is 6.26 Å². The summed E-state index contributed by atoms with van der Waals surface area (Å²) in [5.41, 5.74) is 2.15. The maximum Gasteiger partial charge on any atom is 0.251 e. The van der Waals surface area contributed by atoms with Gasteiger partial charge in [0.15, 0.2) is 15.8 Å². The number of aryl methyl sites for hydroxylation is 1. The van der Waals surface area contributed by atoms with Gasteiger partial charge in [0.05, 0.1) is 18.6 Å². The van der Waals surface area contributed by atoms with Crippen LogP contribution in [0.5, 0.6) is 5.75 Å². The van der Waals surface area contributed by atoms with Gasteiger partial charge >= 0.3 is 0 Å². The zero-order valence-corrected chi connectivity index (χ0v) is 19.2. The molecule has 0 saturated heterocycles. The number of nitrogens with zero attached hydrogens (tertiary/aromatic N) is 1. The molecule has 0 saturated carbocycles. The molecule has 0 aromatic heterocycles. The molecule has 0 unspecified atom stereocenters. The molecule has 0 heterocycles. The Kier molecular flexibility index (Phi) is 8.87. The average Bonchev–Trinajstić information content (AvgIpc) is 2.73. The number of ether oxygens (including phenoxy) is 1. The van der Waals surface area contributed by atoms with Crippen molar-refractivity contribution in [3.63, 3.8) is 0 Å². The van der Waals surface area contributed by atoms with Crippen LogP contribution in [0.15, 0.2) is 52.4 Å². The Bertz CT molecular complexity index is 1040. The standard InChI is InChI=1S/C22H30N4O4S/c1-5-23-22(26-15-17-9-10-20(16(2)13-17)31(4,28)29)25-12-11-24-21(27)18-7-6-8-19(14-18)30-3/h6-10,13-14H,5,11-12,15H2,1-4H3,(H,24,27)(H2,23,25,26). The summed E-state index contributed by atoms with van der Waals surface area (Å²) in [6.07, 6.45) is 1.20. The van der Waals surface area contributed by atoms with Crippen molar-refractivity contribution in [2.75, 3.05) is 33.0 Å². The van der Waals surface area contributed by atoms with Crippen LogP contribution in [0.2, 0.25) is 0 Å². The van der Waals surface area contributed by atoms with Crippen molar-refractivity contribution in [1.82, 2.24) is 16.0 Å². The fraction of sp³-hybridized carbons (Fsp3) is 0.364. The first-order valence-corrected chi connectivity index (χ1v) is 11.9. The number of guanidine groups is 1. The summed E-state index contributed by atoms with van der Waals surface area (Å²) >= 11 is 0. The van der Waals surface area contributed by atoms with E-state index in [1.54, 1.807) is 50.4 Å². The molecular weight excluding hydrogens is 416 g/mol. The highest BCUT2D eigenvalue weighted by molar-refractivity contribution is 7.90. The van der Waals surface area contributed by atoms with Gasteiger partial charge in [-0.15, -0.1) is 0 Å². The number of hydrogen-bond acceptors (Lipinski definition) is 5. The number of hydrogen-bond donors (Lipinski definition) is 3. The first-order valence-electron chi connectivity index (χ1n) is 9.98. The SMILES string of the molecule is CCNC(=NCc1ccc(S(C)(=O)=O)c(C)c1)NCCNC(=O)c1cccc(OC)c1. The summed E-state index contributed by atoms with van der Waals surface area (Å²) < 4.78 is 28.6. The molecule has 2 rings (SSSR count). The van der Waals surface area contributed by atoms with Crippen molar-refractivity contribution in [1.29, 1.82) is 0 Å². The van der Waals surface area contributed by atoms with Gasteiger partial charge in [0.25, 0.3) is 5.91 Å². The number of rotatable bonds is 9. The number of benzene rings is 2. The van der Waals surface area contributed by atoms with Crippen LogP contribution in [0.3, 0.4) is 0 Å². The van der Waals surface area contributed by atoms with Gasteiger partial charge in [0.2, 0.25) is 0 Å². The van der Waals surface area contributed by atoms with Crippen molar-refractivity contribution < 1.29 is 17.9 Å². The van der Waals surface area contributed by atoms with Crippen LogP contribution >= 0.6 is 0 Å². The first kappa shape index (κ1) is 24.2. The third-order valence-corrected chi connectivity index (χ3v) is 5.69. The molecule has 0 atom stereocenters. The van der Waals surface area contributed by atoms with Gasteiger partial charge in [-0.1, -0.05) is 18.2 Å². The highest BCUT2D eigenvalue weighted by Crippen LogP contribution is 2.17. The van der Waals surface area contributed by atoms with Gasteiger partial charge < -0.3 is 20.7 Å². The molecule has 2 aromatic rings. The van der Waals surface area contributed by atoms with Crippen molar-refractivity contribution in [3.8, 4) is 5.75 Å². The quantitative estimate of drug-likeness (QED) is 0.308. The molecule has 2 aromatic carbocycles. The van der Waals surface area contributed by atoms with E-state index in [9.17, 15) is 13.2 Å². The van der Waals surface area contributed by atoms with Gasteiger partial charge in [-0.3, -0.25) is 4.79 Å². The van der Waals surface area contributed by atoms with Crippen molar-refractivity contribution >= 4 is 21.7 Å². The monoisotopic (exact) mass is 446 g/mol. The van der Waals surface area contributed by atoms with Crippen LogP contribution in [0.4, 0.5) is 0 Å². The maximum absolute atomic E-state index is 12.2. The number of amides is 1. The number of aliphatic imine (C=N–C) groups is 1. The van der Waals surface area contributed by atoms with E-state index < -0.39 is 9.84 Å². The Morgan fingerprint density at radius 1 is 1.06 bits per heavy atom. The van der Waals surface area contributed by atoms with Crippen LogP contribution < -0.4 is 20.7 Å². The minimum Gasteiger partial charge on any atom is -0.497 e. The summed E-state index contributed by atoms with van der Waals surface area (Å²) in [6.45, 7) is 5.74. The molecule has 31 heavy (non-hydrogen) atoms. The number of methoxy groups -OCH3 is 1. The molecule has 0 aliphatic heterocycles. The molecule has 0 radical (unpaired) electrons. The van der Waals surface area contributed by atoms with Crippen LogP contribution in [0, 0.1) is 6.92 Å². The third kappa shape index (κ3) is 7.60. The highest BCUT2D eigenvalue weighted by Gasteiger charge is 2.11. The van der Waals surface area contributed by atoms with Gasteiger partial charge in [0, 0.05) is 31.5 Å². The van der Waals surface area contributed by atoms with Crippen molar-refractivity contribution in [2.24, 2.45) is 4.99 Å². The van der Waals surface area contributed by atoms with E-state index in [1.807, 2.05) is 13.0 Å². The van der Waals surface area contributed by atoms with E-state index in [2.05, 4.69) is 20.9 Å². The lowest BCUT2D eigenvalue weighted by Gasteiger charge is -2.12. The molecule has 0 spiro atoms. The normalized spacial score (nSPS) is 11.7. The van der Waals surface area contributed by atoms with E-state index >= 15 is 0 Å². The van der Waals surface area contributed by atoms with E-state index in [4.69, 9.17) is 4.74 Å². The zero-order valence-electron chi connectivity index (χ0n) is 18.4. The zero-order chi connectivity index (χ0) is 22.9. The Labute approximate surface area is 184 Å². The Balaban J connectivity index is 1.90. The van der Waals surface area contributed by atoms with Gasteiger partial charge in [-0.25, -0.2) is 13.4 Å². The largest absolute Gasteiger partial charge is 0.497 e. The molecule has 0 aliphatic rings. The average molecular weight is 447 g/mol. The lowest BCUT2D eigenvalue weighted by molar-refractivity contribution is 0.0954. The summed E-state index contributed by atoms with van der Waals surface area (Å²) in [7, 11) is -1.68. The van der Waals surface area contributed by atoms with Crippen molar-refractivity contribution in [3.05, 3.63) is 59.2 Å². The summed E-state index contributed by atoms with van der Waals surface area (Å²) in [5, 5.41) is 9.18. The topological polar surface area (TPSA) is 109 Å². The van der Waals surface area contributed by atoms with E-state index in [0.29, 0.717) is 53.9 Å². The van der Waals surface area contributed by atoms with Crippen molar-refractivity contribution in [2.45, 2.75) is 25.3 Å². The molecule has 0 bridgehead atoms. The second kappa shape index (κ2) is 11.4. The minimum absolute atomic E-state index is 0.177. The number of sulfone groups is 1. The minimum atomic E-state index is -3.24. The van der Waals surface area contributed by atoms with Crippen LogP contribution in [-0.2, 0) is 16.4 Å². The number of carbonyl (C=O) groups is 1. The van der Waals surface area contributed by atoms with E-state index in [0.717, 1.165) is 5.56 Å². The van der Waals surface area contributed by atoms with Crippen LogP contribution in [-0.4, -0.2) is 53.3 Å². The fourth-order valence-corrected chi connectivity index (χ4v) is 3.92. The van der Waals surface area contributed by atoms with E-state index in [-0.39, 0.29) is 5.91 Å². The summed E-state index contributed by atoms with van der Waals surface area (Å²) in [5.74, 6) is 1.07. The molecular formula is C22H30N4O4S. The smallest absolute Gasteiger partial charge is 0.251 e. The van der Waals surface area contributed by atoms with Gasteiger partial charge in [-0.2, -0.15) is 0 Å². The second-order valence-corrected chi connectivity index (χ2v) is 8.97. The molecule has 1 amide bonds. The predicted molar refractivity (Wildman–Crippen MR) is 122 cm³/mol. The molecule has 168 valence electrons. The molecule has 0 aliphatic carbocycles. The molecule has 0 fully saturated rings. The Hall–Kier alpha value is -3.07. The summed E-state index contributed by atoms with van der Waals surface area (Å²) in [4.78, 5) is 17.1. The second-order valence-electron chi connectivity index (χ2n) is 6.98. The summed E-state index contributed by atoms with van der Waals surface area (Å²) in [6, 6.07) is 12.2. The molecule has 9 heteroatoms. The maximum atomic E-state index is 12.2. The number of nitrogens with one attached hydrogen (secondary N) is 3. The van der Waals surface area contributed by atoms with Gasteiger partial charge in [-0.05, 0) is 49.2 Å². The van der Waals surface area contributed by atoms with Crippen LogP contribution in [0.1, 0.15) is 28.4 Å². The lowest BCUT2D eigenvalue weighted by Crippen LogP contribution is -2.41. The number of carbonyl (C=O) groups excluding carboxylic acids is 1. The third-order valence-electron chi connectivity index (χ3n) is 4.44. The van der Waals surface area contributed by atoms with Crippen LogP contribution in [0.25, 0.3) is 0 Å². The first-order chi connectivity index (χ1) is 14.7. The molecule has 8 nitrogen and oxygen atoms in total. The Morgan fingerprint density at radius 3 is 2.45 bits per heavy atom. The fourth-order valence-electron chi connectivity index (χ4n) is 2.96. The highest BCUT2D eigenvalue weighted by atomic mass is 32.2. The lowest BCUT2D eigenvalue weighted by atomic mass is 10.1. The van der Waals surface area contributed by atoms with Gasteiger partial charge in [0.1, 0.15) is 5.75 Å².